The summed E-state index contributed by atoms with van der Waals surface area (Å²) >= 11 is 0. The largest absolute Gasteiger partial charge is 0.353 e. The summed E-state index contributed by atoms with van der Waals surface area (Å²) in [5.41, 5.74) is -0.695. The number of carbonyl (C=O) groups is 5. The zero-order chi connectivity index (χ0) is 29.1. The fourth-order valence-electron chi connectivity index (χ4n) is 6.86. The van der Waals surface area contributed by atoms with E-state index in [1.54, 1.807) is 0 Å². The maximum absolute atomic E-state index is 13.2. The van der Waals surface area contributed by atoms with Crippen LogP contribution in [0.5, 0.6) is 0 Å². The second-order valence-corrected chi connectivity index (χ2v) is 11.3. The summed E-state index contributed by atoms with van der Waals surface area (Å²) in [5, 5.41) is 16.3. The Morgan fingerprint density at radius 3 is 2.41 bits per heavy atom. The van der Waals surface area contributed by atoms with Gasteiger partial charge in [-0.3, -0.25) is 33.9 Å². The van der Waals surface area contributed by atoms with E-state index in [0.717, 1.165) is 43.8 Å². The van der Waals surface area contributed by atoms with Crippen molar-refractivity contribution in [1.29, 1.82) is 0 Å². The summed E-state index contributed by atoms with van der Waals surface area (Å²) in [4.78, 5) is 79.2. The van der Waals surface area contributed by atoms with Gasteiger partial charge in [0.15, 0.2) is 0 Å². The lowest BCUT2D eigenvalue weighted by molar-refractivity contribution is -0.137. The van der Waals surface area contributed by atoms with Gasteiger partial charge in [0.2, 0.25) is 23.4 Å². The average Bonchev–Trinajstić information content (AvgIpc) is 3.49. The highest BCUT2D eigenvalue weighted by Gasteiger charge is 2.48. The molecule has 5 N–H and O–H groups in total. The maximum atomic E-state index is 13.2. The van der Waals surface area contributed by atoms with Gasteiger partial charge in [-0.15, -0.1) is 0 Å². The SMILES string of the molecule is CNC(=O)C(=O)CC[C@H](NC(=O)c1ncn[nH]1)C(=O)Nc1cccn(CC(=O)NC2C3CC4CC(C3)CC2C4)c1=O. The van der Waals surface area contributed by atoms with Gasteiger partial charge >= 0.3 is 0 Å². The van der Waals surface area contributed by atoms with E-state index in [1.807, 2.05) is 0 Å². The van der Waals surface area contributed by atoms with Crippen LogP contribution in [0.15, 0.2) is 29.5 Å². The number of ketones is 1. The van der Waals surface area contributed by atoms with Gasteiger partial charge in [-0.2, -0.15) is 5.10 Å². The van der Waals surface area contributed by atoms with Crippen LogP contribution in [0, 0.1) is 23.7 Å². The van der Waals surface area contributed by atoms with Crippen molar-refractivity contribution >= 4 is 35.1 Å². The molecule has 6 rings (SSSR count). The summed E-state index contributed by atoms with van der Waals surface area (Å²) in [7, 11) is 1.31. The lowest BCUT2D eigenvalue weighted by Crippen LogP contribution is -2.56. The average molecular weight is 567 g/mol. The van der Waals surface area contributed by atoms with Gasteiger partial charge in [0.1, 0.15) is 24.6 Å². The van der Waals surface area contributed by atoms with Crippen molar-refractivity contribution in [3.05, 3.63) is 40.8 Å². The zero-order valence-corrected chi connectivity index (χ0v) is 22.7. The van der Waals surface area contributed by atoms with Gasteiger partial charge in [-0.1, -0.05) is 0 Å². The summed E-state index contributed by atoms with van der Waals surface area (Å²) in [5.74, 6) is -1.01. The number of aromatic nitrogens is 4. The standard InChI is InChI=1S/C27H34N8O6/c1-28-25(39)20(36)5-4-18(31-26(40)23-29-13-30-34-23)24(38)32-19-3-2-6-35(27(19)41)12-21(37)33-22-16-8-14-7-15(10-16)11-17(22)9-14/h2-3,6,13-18,22H,4-5,7-12H2,1H3,(H,28,39)(H,31,40)(H,32,38)(H,33,37)(H,29,30,34)/t14?,15?,16?,17?,18-,22?/m0/s1. The van der Waals surface area contributed by atoms with Crippen molar-refractivity contribution in [1.82, 2.24) is 35.7 Å². The van der Waals surface area contributed by atoms with Crippen molar-refractivity contribution in [2.24, 2.45) is 23.7 Å². The van der Waals surface area contributed by atoms with E-state index in [4.69, 9.17) is 0 Å². The van der Waals surface area contributed by atoms with Crippen LogP contribution in [0.3, 0.4) is 0 Å². The highest BCUT2D eigenvalue weighted by molar-refractivity contribution is 6.36. The van der Waals surface area contributed by atoms with Crippen LogP contribution in [-0.2, 0) is 25.7 Å². The third-order valence-electron chi connectivity index (χ3n) is 8.54. The number of carbonyl (C=O) groups excluding carboxylic acids is 5. The van der Waals surface area contributed by atoms with Crippen LogP contribution in [0.25, 0.3) is 0 Å². The van der Waals surface area contributed by atoms with Crippen molar-refractivity contribution in [2.75, 3.05) is 12.4 Å². The van der Waals surface area contributed by atoms with E-state index >= 15 is 0 Å². The quantitative estimate of drug-likeness (QED) is 0.229. The van der Waals surface area contributed by atoms with Crippen LogP contribution >= 0.6 is 0 Å². The van der Waals surface area contributed by atoms with Gasteiger partial charge in [0.05, 0.1) is 0 Å². The van der Waals surface area contributed by atoms with E-state index in [2.05, 4.69) is 36.4 Å². The molecule has 4 aliphatic carbocycles. The zero-order valence-electron chi connectivity index (χ0n) is 22.7. The second-order valence-electron chi connectivity index (χ2n) is 11.3. The van der Waals surface area contributed by atoms with Gasteiger partial charge in [0.25, 0.3) is 17.4 Å². The Hall–Kier alpha value is -4.36. The normalized spacial score (nSPS) is 24.8. The molecule has 0 radical (unpaired) electrons. The van der Waals surface area contributed by atoms with Crippen LogP contribution in [-0.4, -0.2) is 68.3 Å². The van der Waals surface area contributed by atoms with E-state index < -0.39 is 35.1 Å². The molecule has 1 atom stereocenters. The minimum Gasteiger partial charge on any atom is -0.353 e. The molecule has 4 fully saturated rings. The number of hydrogen-bond donors (Lipinski definition) is 5. The Morgan fingerprint density at radius 1 is 1.07 bits per heavy atom. The molecule has 2 heterocycles. The molecule has 2 aromatic heterocycles. The van der Waals surface area contributed by atoms with Crippen LogP contribution in [0.1, 0.15) is 55.6 Å². The Labute approximate surface area is 235 Å². The summed E-state index contributed by atoms with van der Waals surface area (Å²) in [6.07, 6.45) is 7.97. The number of Topliss-reactive ketones (excluding diaryl/α,β-unsaturated/α-hetero) is 1. The highest BCUT2D eigenvalue weighted by atomic mass is 16.2. The van der Waals surface area contributed by atoms with Crippen LogP contribution in [0.4, 0.5) is 5.69 Å². The van der Waals surface area contributed by atoms with Crippen molar-refractivity contribution < 1.29 is 24.0 Å². The Morgan fingerprint density at radius 2 is 1.78 bits per heavy atom. The van der Waals surface area contributed by atoms with Crippen molar-refractivity contribution in [3.8, 4) is 0 Å². The lowest BCUT2D eigenvalue weighted by atomic mass is 9.54. The molecule has 14 nitrogen and oxygen atoms in total. The molecule has 14 heteroatoms. The molecule has 0 saturated heterocycles. The van der Waals surface area contributed by atoms with Gasteiger partial charge in [0, 0.05) is 25.7 Å². The lowest BCUT2D eigenvalue weighted by Gasteiger charge is -2.54. The number of rotatable bonds is 11. The first-order valence-electron chi connectivity index (χ1n) is 13.9. The Bertz CT molecular complexity index is 1360. The number of anilines is 1. The molecule has 0 aliphatic heterocycles. The molecule has 0 aromatic carbocycles. The molecule has 41 heavy (non-hydrogen) atoms. The van der Waals surface area contributed by atoms with E-state index in [9.17, 15) is 28.8 Å². The van der Waals surface area contributed by atoms with Gasteiger partial charge in [-0.05, 0) is 74.3 Å². The number of nitrogens with one attached hydrogen (secondary N) is 5. The number of hydrogen-bond acceptors (Lipinski definition) is 8. The molecule has 0 spiro atoms. The smallest absolute Gasteiger partial charge is 0.289 e. The summed E-state index contributed by atoms with van der Waals surface area (Å²) in [6.45, 7) is -0.197. The fourth-order valence-corrected chi connectivity index (χ4v) is 6.86. The van der Waals surface area contributed by atoms with Crippen LogP contribution in [0.2, 0.25) is 0 Å². The number of amides is 4. The monoisotopic (exact) mass is 566 g/mol. The van der Waals surface area contributed by atoms with E-state index in [0.29, 0.717) is 11.8 Å². The first kappa shape index (κ1) is 28.2. The minimum atomic E-state index is -1.28. The molecule has 4 amide bonds. The molecule has 4 aliphatic rings. The molecule has 4 bridgehead atoms. The first-order valence-corrected chi connectivity index (χ1v) is 13.9. The number of H-pyrrole nitrogens is 1. The van der Waals surface area contributed by atoms with Crippen molar-refractivity contribution in [3.63, 3.8) is 0 Å². The summed E-state index contributed by atoms with van der Waals surface area (Å²) in [6, 6.07) is 1.77. The molecule has 218 valence electrons. The van der Waals surface area contributed by atoms with E-state index in [1.165, 1.54) is 36.4 Å². The summed E-state index contributed by atoms with van der Waals surface area (Å²) < 4.78 is 1.22. The molecule has 2 aromatic rings. The predicted octanol–water partition coefficient (Wildman–Crippen LogP) is -0.260. The molecular formula is C27H34N8O6. The molecule has 0 unspecified atom stereocenters. The molecule has 4 saturated carbocycles. The topological polar surface area (TPSA) is 197 Å². The van der Waals surface area contributed by atoms with Gasteiger partial charge < -0.3 is 25.8 Å². The number of aromatic amines is 1. The fraction of sp³-hybridized carbons (Fsp3) is 0.556. The maximum Gasteiger partial charge on any atom is 0.289 e. The highest BCUT2D eigenvalue weighted by Crippen LogP contribution is 2.53. The number of nitrogens with zero attached hydrogens (tertiary/aromatic N) is 3. The van der Waals surface area contributed by atoms with Crippen molar-refractivity contribution in [2.45, 2.75) is 63.6 Å². The third kappa shape index (κ3) is 6.36. The van der Waals surface area contributed by atoms with Crippen LogP contribution < -0.4 is 26.8 Å². The minimum absolute atomic E-state index is 0.100. The number of likely N-dealkylation sites (N-methyl/N-ethyl adjacent to an activating group) is 1. The Kier molecular flexibility index (Phi) is 8.26. The molecular weight excluding hydrogens is 532 g/mol. The third-order valence-corrected chi connectivity index (χ3v) is 8.54. The first-order chi connectivity index (χ1) is 19.7. The second kappa shape index (κ2) is 12.0. The van der Waals surface area contributed by atoms with Gasteiger partial charge in [-0.25, -0.2) is 4.98 Å². The Balaban J connectivity index is 1.23. The number of pyridine rings is 1. The predicted molar refractivity (Wildman–Crippen MR) is 144 cm³/mol. The van der Waals surface area contributed by atoms with E-state index in [-0.39, 0.29) is 42.8 Å².